The largest absolute Gasteiger partial charge is 0.339 e. The van der Waals surface area contributed by atoms with Crippen molar-refractivity contribution in [3.8, 4) is 0 Å². The van der Waals surface area contributed by atoms with E-state index in [1.54, 1.807) is 12.4 Å². The van der Waals surface area contributed by atoms with Gasteiger partial charge in [-0.15, -0.1) is 0 Å². The van der Waals surface area contributed by atoms with Crippen LogP contribution in [0.4, 0.5) is 0 Å². The number of rotatable bonds is 4. The van der Waals surface area contributed by atoms with E-state index in [0.717, 1.165) is 5.56 Å². The van der Waals surface area contributed by atoms with Gasteiger partial charge in [-0.25, -0.2) is 0 Å². The van der Waals surface area contributed by atoms with Gasteiger partial charge in [-0.2, -0.15) is 4.98 Å². The van der Waals surface area contributed by atoms with Gasteiger partial charge in [-0.1, -0.05) is 5.16 Å². The molecule has 1 unspecified atom stereocenters. The smallest absolute Gasteiger partial charge is 0.228 e. The van der Waals surface area contributed by atoms with Crippen molar-refractivity contribution in [3.05, 3.63) is 41.8 Å². The molecule has 0 amide bonds. The SMILES string of the molecule is CC(N)Cc1nc(Cc2ccncc2)no1. The monoisotopic (exact) mass is 218 g/mol. The van der Waals surface area contributed by atoms with E-state index in [0.29, 0.717) is 24.6 Å². The van der Waals surface area contributed by atoms with E-state index in [9.17, 15) is 0 Å². The summed E-state index contributed by atoms with van der Waals surface area (Å²) in [4.78, 5) is 8.22. The van der Waals surface area contributed by atoms with Gasteiger partial charge in [-0.05, 0) is 24.6 Å². The molecule has 2 rings (SSSR count). The van der Waals surface area contributed by atoms with Crippen LogP contribution in [-0.2, 0) is 12.8 Å². The Morgan fingerprint density at radius 2 is 2.12 bits per heavy atom. The third-order valence-corrected chi connectivity index (χ3v) is 2.12. The van der Waals surface area contributed by atoms with Crippen LogP contribution in [0.3, 0.4) is 0 Å². The molecule has 0 aliphatic carbocycles. The molecule has 0 fully saturated rings. The van der Waals surface area contributed by atoms with E-state index in [-0.39, 0.29) is 6.04 Å². The summed E-state index contributed by atoms with van der Waals surface area (Å²) in [6.07, 6.45) is 4.77. The summed E-state index contributed by atoms with van der Waals surface area (Å²) in [6, 6.07) is 3.90. The van der Waals surface area contributed by atoms with Gasteiger partial charge in [0.2, 0.25) is 5.89 Å². The maximum absolute atomic E-state index is 5.65. The number of hydrogen-bond acceptors (Lipinski definition) is 5. The first-order valence-corrected chi connectivity index (χ1v) is 5.20. The molecule has 0 radical (unpaired) electrons. The molecule has 0 saturated heterocycles. The van der Waals surface area contributed by atoms with Crippen molar-refractivity contribution >= 4 is 0 Å². The van der Waals surface area contributed by atoms with E-state index >= 15 is 0 Å². The Balaban J connectivity index is 2.03. The predicted molar refractivity (Wildman–Crippen MR) is 58.7 cm³/mol. The molecule has 5 heteroatoms. The highest BCUT2D eigenvalue weighted by atomic mass is 16.5. The van der Waals surface area contributed by atoms with Gasteiger partial charge in [-0.3, -0.25) is 4.98 Å². The molecule has 2 N–H and O–H groups in total. The minimum atomic E-state index is 0.0363. The molecular weight excluding hydrogens is 204 g/mol. The molecule has 1 atom stereocenters. The number of nitrogens with two attached hydrogens (primary N) is 1. The zero-order valence-electron chi connectivity index (χ0n) is 9.13. The molecular formula is C11H14N4O. The Hall–Kier alpha value is -1.75. The molecule has 0 saturated carbocycles. The van der Waals surface area contributed by atoms with Crippen molar-refractivity contribution < 1.29 is 4.52 Å². The average molecular weight is 218 g/mol. The van der Waals surface area contributed by atoms with Gasteiger partial charge in [0.1, 0.15) is 0 Å². The van der Waals surface area contributed by atoms with Gasteiger partial charge < -0.3 is 10.3 Å². The Morgan fingerprint density at radius 3 is 2.81 bits per heavy atom. The fourth-order valence-electron chi connectivity index (χ4n) is 1.40. The molecule has 16 heavy (non-hydrogen) atoms. The van der Waals surface area contributed by atoms with Crippen molar-refractivity contribution in [1.82, 2.24) is 15.1 Å². The summed E-state index contributed by atoms with van der Waals surface area (Å²) in [5.74, 6) is 1.28. The maximum atomic E-state index is 5.65. The summed E-state index contributed by atoms with van der Waals surface area (Å²) >= 11 is 0. The lowest BCUT2D eigenvalue weighted by molar-refractivity contribution is 0.367. The molecule has 0 aliphatic heterocycles. The Kier molecular flexibility index (Phi) is 3.26. The van der Waals surface area contributed by atoms with E-state index in [1.165, 1.54) is 0 Å². The molecule has 0 aliphatic rings. The zero-order chi connectivity index (χ0) is 11.4. The second-order valence-electron chi connectivity index (χ2n) is 3.82. The number of aromatic nitrogens is 3. The summed E-state index contributed by atoms with van der Waals surface area (Å²) in [6.45, 7) is 1.91. The summed E-state index contributed by atoms with van der Waals surface area (Å²) in [5, 5.41) is 3.90. The van der Waals surface area contributed by atoms with Crippen molar-refractivity contribution in [3.63, 3.8) is 0 Å². The van der Waals surface area contributed by atoms with Crippen LogP contribution in [0.5, 0.6) is 0 Å². The van der Waals surface area contributed by atoms with Gasteiger partial charge in [0.25, 0.3) is 0 Å². The van der Waals surface area contributed by atoms with Crippen molar-refractivity contribution in [2.45, 2.75) is 25.8 Å². The third kappa shape index (κ3) is 2.87. The standard InChI is InChI=1S/C11H14N4O/c1-8(12)6-11-14-10(15-16-11)7-9-2-4-13-5-3-9/h2-5,8H,6-7,12H2,1H3. The van der Waals surface area contributed by atoms with Crippen molar-refractivity contribution in [2.75, 3.05) is 0 Å². The van der Waals surface area contributed by atoms with Gasteiger partial charge in [0.05, 0.1) is 0 Å². The van der Waals surface area contributed by atoms with Crippen LogP contribution in [0.15, 0.2) is 29.0 Å². The Labute approximate surface area is 93.7 Å². The fraction of sp³-hybridized carbons (Fsp3) is 0.364. The quantitative estimate of drug-likeness (QED) is 0.826. The lowest BCUT2D eigenvalue weighted by atomic mass is 10.2. The van der Waals surface area contributed by atoms with Gasteiger partial charge in [0, 0.05) is 31.3 Å². The number of pyridine rings is 1. The number of hydrogen-bond donors (Lipinski definition) is 1. The van der Waals surface area contributed by atoms with E-state index < -0.39 is 0 Å². The van der Waals surface area contributed by atoms with Crippen LogP contribution in [-0.4, -0.2) is 21.2 Å². The molecule has 2 aromatic heterocycles. The first-order chi connectivity index (χ1) is 7.74. The fourth-order valence-corrected chi connectivity index (χ4v) is 1.40. The molecule has 0 aromatic carbocycles. The van der Waals surface area contributed by atoms with Crippen molar-refractivity contribution in [2.24, 2.45) is 5.73 Å². The lowest BCUT2D eigenvalue weighted by Crippen LogP contribution is -2.17. The minimum Gasteiger partial charge on any atom is -0.339 e. The predicted octanol–water partition coefficient (Wildman–Crippen LogP) is 0.945. The second kappa shape index (κ2) is 4.85. The van der Waals surface area contributed by atoms with Crippen molar-refractivity contribution in [1.29, 1.82) is 0 Å². The third-order valence-electron chi connectivity index (χ3n) is 2.12. The van der Waals surface area contributed by atoms with Gasteiger partial charge in [0.15, 0.2) is 5.82 Å². The summed E-state index contributed by atoms with van der Waals surface area (Å²) < 4.78 is 5.09. The normalized spacial score (nSPS) is 12.6. The average Bonchev–Trinajstić information content (AvgIpc) is 2.66. The Morgan fingerprint density at radius 1 is 1.38 bits per heavy atom. The van der Waals surface area contributed by atoms with E-state index in [1.807, 2.05) is 19.1 Å². The minimum absolute atomic E-state index is 0.0363. The first-order valence-electron chi connectivity index (χ1n) is 5.20. The van der Waals surface area contributed by atoms with Crippen LogP contribution in [0.1, 0.15) is 24.2 Å². The van der Waals surface area contributed by atoms with E-state index in [4.69, 9.17) is 10.3 Å². The summed E-state index contributed by atoms with van der Waals surface area (Å²) in [7, 11) is 0. The summed E-state index contributed by atoms with van der Waals surface area (Å²) in [5.41, 5.74) is 6.76. The maximum Gasteiger partial charge on any atom is 0.228 e. The van der Waals surface area contributed by atoms with Crippen LogP contribution < -0.4 is 5.73 Å². The molecule has 84 valence electrons. The highest BCUT2D eigenvalue weighted by Crippen LogP contribution is 2.06. The van der Waals surface area contributed by atoms with Crippen LogP contribution >= 0.6 is 0 Å². The first kappa shape index (κ1) is 10.8. The van der Waals surface area contributed by atoms with Crippen LogP contribution in [0.25, 0.3) is 0 Å². The molecule has 0 spiro atoms. The number of nitrogens with zero attached hydrogens (tertiary/aromatic N) is 3. The Bertz CT molecular complexity index is 438. The van der Waals surface area contributed by atoms with Crippen LogP contribution in [0.2, 0.25) is 0 Å². The molecule has 2 heterocycles. The zero-order valence-corrected chi connectivity index (χ0v) is 9.13. The van der Waals surface area contributed by atoms with E-state index in [2.05, 4.69) is 15.1 Å². The lowest BCUT2D eigenvalue weighted by Gasteiger charge is -1.97. The molecule has 5 nitrogen and oxygen atoms in total. The molecule has 2 aromatic rings. The molecule has 0 bridgehead atoms. The van der Waals surface area contributed by atoms with Crippen LogP contribution in [0, 0.1) is 0 Å². The highest BCUT2D eigenvalue weighted by Gasteiger charge is 2.08. The van der Waals surface area contributed by atoms with Gasteiger partial charge >= 0.3 is 0 Å². The highest BCUT2D eigenvalue weighted by molar-refractivity contribution is 5.14. The second-order valence-corrected chi connectivity index (χ2v) is 3.82. The topological polar surface area (TPSA) is 77.8 Å².